The third kappa shape index (κ3) is 5.94. The molecule has 0 aliphatic rings. The molecule has 2 atom stereocenters. The molecular weight excluding hydrogens is 178 g/mol. The number of amidine groups is 1. The molecule has 14 heavy (non-hydrogen) atoms. The van der Waals surface area contributed by atoms with Gasteiger partial charge in [0.25, 0.3) is 0 Å². The summed E-state index contributed by atoms with van der Waals surface area (Å²) in [5, 5.41) is 16.4. The van der Waals surface area contributed by atoms with Gasteiger partial charge in [0.05, 0.1) is 11.9 Å². The van der Waals surface area contributed by atoms with E-state index in [-0.39, 0.29) is 11.9 Å². The van der Waals surface area contributed by atoms with Gasteiger partial charge < -0.3 is 15.7 Å². The van der Waals surface area contributed by atoms with E-state index in [1.807, 2.05) is 7.05 Å². The average Bonchev–Trinajstić information content (AvgIpc) is 2.09. The number of hydrogen-bond donors (Lipinski definition) is 3. The summed E-state index contributed by atoms with van der Waals surface area (Å²) in [5.41, 5.74) is 5.37. The van der Waals surface area contributed by atoms with Crippen LogP contribution in [0.25, 0.3) is 0 Å². The molecule has 4 N–H and O–H groups in total. The van der Waals surface area contributed by atoms with Crippen molar-refractivity contribution in [3.63, 3.8) is 0 Å². The van der Waals surface area contributed by atoms with Gasteiger partial charge in [-0.1, -0.05) is 6.92 Å². The minimum atomic E-state index is -0.257. The summed E-state index contributed by atoms with van der Waals surface area (Å²) in [6.45, 7) is 4.73. The lowest BCUT2D eigenvalue weighted by Gasteiger charge is -2.27. The van der Waals surface area contributed by atoms with E-state index in [4.69, 9.17) is 16.2 Å². The highest BCUT2D eigenvalue weighted by molar-refractivity contribution is 5.77. The second-order valence-corrected chi connectivity index (χ2v) is 3.91. The van der Waals surface area contributed by atoms with Gasteiger partial charge in [-0.05, 0) is 26.8 Å². The van der Waals surface area contributed by atoms with Crippen LogP contribution in [0.2, 0.25) is 0 Å². The molecule has 0 saturated carbocycles. The highest BCUT2D eigenvalue weighted by atomic mass is 16.3. The van der Waals surface area contributed by atoms with Gasteiger partial charge in [0.1, 0.15) is 0 Å². The molecule has 2 unspecified atom stereocenters. The van der Waals surface area contributed by atoms with Crippen molar-refractivity contribution in [2.45, 2.75) is 45.3 Å². The molecule has 0 aliphatic carbocycles. The average molecular weight is 201 g/mol. The van der Waals surface area contributed by atoms with E-state index in [2.05, 4.69) is 11.8 Å². The van der Waals surface area contributed by atoms with E-state index in [1.54, 1.807) is 6.92 Å². The molecule has 0 rings (SSSR count). The van der Waals surface area contributed by atoms with Gasteiger partial charge in [-0.2, -0.15) is 0 Å². The first-order valence-corrected chi connectivity index (χ1v) is 5.18. The Hall–Kier alpha value is -0.610. The Labute approximate surface area is 86.6 Å². The monoisotopic (exact) mass is 201 g/mol. The van der Waals surface area contributed by atoms with E-state index in [1.165, 1.54) is 0 Å². The quantitative estimate of drug-likeness (QED) is 0.421. The first-order chi connectivity index (χ1) is 6.47. The maximum absolute atomic E-state index is 9.14. The largest absolute Gasteiger partial charge is 0.393 e. The highest BCUT2D eigenvalue weighted by Crippen LogP contribution is 2.07. The molecule has 0 aromatic heterocycles. The van der Waals surface area contributed by atoms with E-state index < -0.39 is 0 Å². The SMILES string of the molecule is CCC(CC(=N)N)N(C)CCC(C)O. The smallest absolute Gasteiger partial charge is 0.0921 e. The van der Waals surface area contributed by atoms with Crippen LogP contribution in [0.4, 0.5) is 0 Å². The third-order valence-electron chi connectivity index (χ3n) is 2.45. The second kappa shape index (κ2) is 6.79. The fourth-order valence-electron chi connectivity index (χ4n) is 1.44. The van der Waals surface area contributed by atoms with Gasteiger partial charge in [-0.3, -0.25) is 5.41 Å². The van der Waals surface area contributed by atoms with E-state index in [0.717, 1.165) is 19.4 Å². The lowest BCUT2D eigenvalue weighted by atomic mass is 10.1. The number of aliphatic hydroxyl groups excluding tert-OH is 1. The summed E-state index contributed by atoms with van der Waals surface area (Å²) in [7, 11) is 2.01. The Bertz CT molecular complexity index is 171. The van der Waals surface area contributed by atoms with Gasteiger partial charge in [0.15, 0.2) is 0 Å². The van der Waals surface area contributed by atoms with Crippen molar-refractivity contribution in [1.82, 2.24) is 4.90 Å². The Balaban J connectivity index is 3.90. The Morgan fingerprint density at radius 3 is 2.50 bits per heavy atom. The van der Waals surface area contributed by atoms with E-state index in [9.17, 15) is 0 Å². The number of hydrogen-bond acceptors (Lipinski definition) is 3. The molecule has 0 saturated heterocycles. The number of rotatable bonds is 7. The molecule has 0 radical (unpaired) electrons. The van der Waals surface area contributed by atoms with Crippen molar-refractivity contribution in [3.8, 4) is 0 Å². The molecule has 0 fully saturated rings. The molecule has 84 valence electrons. The van der Waals surface area contributed by atoms with Gasteiger partial charge in [-0.15, -0.1) is 0 Å². The van der Waals surface area contributed by atoms with Crippen LogP contribution in [0.15, 0.2) is 0 Å². The molecule has 0 aromatic carbocycles. The molecule has 0 heterocycles. The van der Waals surface area contributed by atoms with Crippen molar-refractivity contribution in [3.05, 3.63) is 0 Å². The molecule has 4 heteroatoms. The summed E-state index contributed by atoms with van der Waals surface area (Å²) < 4.78 is 0. The zero-order valence-corrected chi connectivity index (χ0v) is 9.45. The van der Waals surface area contributed by atoms with Gasteiger partial charge in [0.2, 0.25) is 0 Å². The number of nitrogens with two attached hydrogens (primary N) is 1. The first kappa shape index (κ1) is 13.4. The fraction of sp³-hybridized carbons (Fsp3) is 0.900. The van der Waals surface area contributed by atoms with Crippen molar-refractivity contribution in [2.75, 3.05) is 13.6 Å². The number of nitrogens with one attached hydrogen (secondary N) is 1. The van der Waals surface area contributed by atoms with Crippen LogP contribution in [-0.2, 0) is 0 Å². The predicted molar refractivity (Wildman–Crippen MR) is 59.5 cm³/mol. The molecule has 0 bridgehead atoms. The van der Waals surface area contributed by atoms with Crippen LogP contribution in [-0.4, -0.2) is 41.6 Å². The summed E-state index contributed by atoms with van der Waals surface area (Å²) in [6.07, 6.45) is 2.11. The molecule has 0 aromatic rings. The van der Waals surface area contributed by atoms with Crippen molar-refractivity contribution in [1.29, 1.82) is 5.41 Å². The van der Waals surface area contributed by atoms with Crippen LogP contribution >= 0.6 is 0 Å². The zero-order chi connectivity index (χ0) is 11.1. The first-order valence-electron chi connectivity index (χ1n) is 5.18. The number of aliphatic hydroxyl groups is 1. The minimum absolute atomic E-state index is 0.237. The topological polar surface area (TPSA) is 73.3 Å². The summed E-state index contributed by atoms with van der Waals surface area (Å²) in [4.78, 5) is 2.16. The van der Waals surface area contributed by atoms with Gasteiger partial charge in [0, 0.05) is 19.0 Å². The minimum Gasteiger partial charge on any atom is -0.393 e. The molecule has 4 nitrogen and oxygen atoms in total. The maximum atomic E-state index is 9.14. The summed E-state index contributed by atoms with van der Waals surface area (Å²) in [6, 6.07) is 0.325. The number of nitrogens with zero attached hydrogens (tertiary/aromatic N) is 1. The van der Waals surface area contributed by atoms with Crippen LogP contribution in [0.5, 0.6) is 0 Å². The molecule has 0 aliphatic heterocycles. The van der Waals surface area contributed by atoms with Gasteiger partial charge >= 0.3 is 0 Å². The maximum Gasteiger partial charge on any atom is 0.0921 e. The Morgan fingerprint density at radius 2 is 2.14 bits per heavy atom. The Kier molecular flexibility index (Phi) is 6.49. The van der Waals surface area contributed by atoms with Crippen LogP contribution in [0, 0.1) is 5.41 Å². The van der Waals surface area contributed by atoms with E-state index >= 15 is 0 Å². The lowest BCUT2D eigenvalue weighted by molar-refractivity contribution is 0.149. The van der Waals surface area contributed by atoms with Crippen molar-refractivity contribution in [2.24, 2.45) is 5.73 Å². The van der Waals surface area contributed by atoms with Crippen LogP contribution in [0.3, 0.4) is 0 Å². The highest BCUT2D eigenvalue weighted by Gasteiger charge is 2.13. The second-order valence-electron chi connectivity index (χ2n) is 3.91. The zero-order valence-electron chi connectivity index (χ0n) is 9.45. The molecular formula is C10H23N3O. The predicted octanol–water partition coefficient (Wildman–Crippen LogP) is 0.794. The molecule has 0 amide bonds. The third-order valence-corrected chi connectivity index (χ3v) is 2.45. The van der Waals surface area contributed by atoms with Gasteiger partial charge in [-0.25, -0.2) is 0 Å². The van der Waals surface area contributed by atoms with Crippen LogP contribution < -0.4 is 5.73 Å². The standard InChI is InChI=1S/C10H23N3O/c1-4-9(7-10(11)12)13(3)6-5-8(2)14/h8-9,14H,4-7H2,1-3H3,(H3,11,12). The normalized spacial score (nSPS) is 15.5. The van der Waals surface area contributed by atoms with Crippen molar-refractivity contribution < 1.29 is 5.11 Å². The molecule has 0 spiro atoms. The summed E-state index contributed by atoms with van der Waals surface area (Å²) >= 11 is 0. The van der Waals surface area contributed by atoms with Crippen molar-refractivity contribution >= 4 is 5.84 Å². The summed E-state index contributed by atoms with van der Waals surface area (Å²) in [5.74, 6) is 0.237. The lowest BCUT2D eigenvalue weighted by Crippen LogP contribution is -2.36. The van der Waals surface area contributed by atoms with Crippen LogP contribution in [0.1, 0.15) is 33.1 Å². The van der Waals surface area contributed by atoms with E-state index in [0.29, 0.717) is 12.5 Å². The Morgan fingerprint density at radius 1 is 1.57 bits per heavy atom. The fourth-order valence-corrected chi connectivity index (χ4v) is 1.44.